The Hall–Kier alpha value is -9.94. The van der Waals surface area contributed by atoms with Crippen molar-refractivity contribution in [3.8, 4) is 16.9 Å². The van der Waals surface area contributed by atoms with Gasteiger partial charge < -0.3 is 38.1 Å². The molecule has 2 N–H and O–H groups in total. The van der Waals surface area contributed by atoms with Crippen molar-refractivity contribution in [3.63, 3.8) is 0 Å². The molecule has 0 unspecified atom stereocenters. The standard InChI is InChI=1S/C45H45N5O6S.C33H37BN4O5S/c1-28-32(13-9-16-37(28)55-24-10-11-29-18-19-31(46-26-29)25-40(51)54-5)33-20-21-39(48-41(33)43(53)56-45(2,3)4)50-23-22-30-12-8-14-34(35(30)27-50)42(52)49-44-47-36-15-6-7-17-38(36)57-44;1-31(2,3)41-29(40)27-23(34-42-32(4,5)33(6,7)43-34)15-16-26(36-27)38-18-17-20-11-10-12-21(22(20)19-38)28(39)37-30-35-24-13-8-9-14-25(24)44-30/h6-9,12-21,26H,10-11,22-25,27H2,1-5H3,(H,47,49,52);8-16H,17-19H2,1-7H3,(H,35,37,39). The number of methoxy groups -OCH3 is 1. The lowest BCUT2D eigenvalue weighted by molar-refractivity contribution is -0.139. The van der Waals surface area contributed by atoms with Crippen LogP contribution in [0.3, 0.4) is 0 Å². The average molecular weight is 1400 g/mol. The fraction of sp³-hybridized carbons (Fsp3) is 0.333. The molecule has 1 saturated heterocycles. The molecule has 0 bridgehead atoms. The minimum Gasteiger partial charge on any atom is -0.493 e. The molecule has 3 aliphatic heterocycles. The maximum atomic E-state index is 13.9. The van der Waals surface area contributed by atoms with Gasteiger partial charge in [-0.2, -0.15) is 0 Å². The number of pyridine rings is 3. The van der Waals surface area contributed by atoms with Crippen LogP contribution < -0.4 is 30.6 Å². The molecule has 13 rings (SSSR count). The fourth-order valence-corrected chi connectivity index (χ4v) is 13.9. The third-order valence-electron chi connectivity index (χ3n) is 18.1. The maximum Gasteiger partial charge on any atom is 0.497 e. The minimum absolute atomic E-state index is 0.143. The Morgan fingerprint density at radius 3 is 1.64 bits per heavy atom. The summed E-state index contributed by atoms with van der Waals surface area (Å²) >= 11 is 2.89. The van der Waals surface area contributed by atoms with Crippen LogP contribution in [-0.4, -0.2) is 111 Å². The summed E-state index contributed by atoms with van der Waals surface area (Å²) in [6.45, 7) is 23.5. The number of hydrogen-bond donors (Lipinski definition) is 2. The summed E-state index contributed by atoms with van der Waals surface area (Å²) in [5, 5.41) is 7.12. The number of para-hydroxylation sites is 2. The highest BCUT2D eigenvalue weighted by Gasteiger charge is 2.53. The van der Waals surface area contributed by atoms with Crippen molar-refractivity contribution in [1.29, 1.82) is 0 Å². The van der Waals surface area contributed by atoms with E-state index in [1.165, 1.54) is 29.8 Å². The molecular weight excluding hydrogens is 1310 g/mol. The molecule has 20 nitrogen and oxygen atoms in total. The SMILES string of the molecule is CC(C)(C)OC(=O)c1nc(N2CCc3cccc(C(=O)Nc4nc5ccccc5s4)c3C2)ccc1B1OC(C)(C)C(C)(C)O1.COC(=O)Cc1ccc(CCCOc2cccc(-c3ccc(N4CCc5cccc(C(=O)Nc6nc7ccccc7s6)c5C4)nc3C(=O)OC(C)(C)C)c2C)cn1. The highest BCUT2D eigenvalue weighted by molar-refractivity contribution is 7.22. The van der Waals surface area contributed by atoms with Gasteiger partial charge in [0, 0.05) is 54.5 Å². The van der Waals surface area contributed by atoms with Crippen molar-refractivity contribution >= 4 is 107 Å². The molecular formula is C78H82BN9O11S2. The van der Waals surface area contributed by atoms with Crippen LogP contribution in [0, 0.1) is 6.92 Å². The number of aryl methyl sites for hydroxylation is 1. The molecule has 8 heterocycles. The van der Waals surface area contributed by atoms with E-state index in [1.807, 2.05) is 204 Å². The topological polar surface area (TPSA) is 236 Å². The number of nitrogens with one attached hydrogen (secondary N) is 2. The van der Waals surface area contributed by atoms with E-state index < -0.39 is 41.5 Å². The van der Waals surface area contributed by atoms with Crippen molar-refractivity contribution in [2.24, 2.45) is 0 Å². The molecule has 10 aromatic rings. The number of ether oxygens (including phenoxy) is 4. The number of nitrogens with zero attached hydrogens (tertiary/aromatic N) is 7. The Bertz CT molecular complexity index is 4710. The zero-order chi connectivity index (χ0) is 71.5. The smallest absolute Gasteiger partial charge is 0.493 e. The van der Waals surface area contributed by atoms with E-state index in [9.17, 15) is 24.0 Å². The first-order valence-corrected chi connectivity index (χ1v) is 35.4. The van der Waals surface area contributed by atoms with Gasteiger partial charge in [0.05, 0.1) is 57.5 Å². The molecule has 5 aromatic carbocycles. The molecule has 1 fully saturated rings. The van der Waals surface area contributed by atoms with Gasteiger partial charge in [0.25, 0.3) is 11.8 Å². The number of esters is 3. The first-order chi connectivity index (χ1) is 48.2. The Morgan fingerprint density at radius 1 is 0.594 bits per heavy atom. The number of fused-ring (bicyclic) bond motifs is 4. The highest BCUT2D eigenvalue weighted by Crippen LogP contribution is 2.39. The van der Waals surface area contributed by atoms with E-state index >= 15 is 0 Å². The van der Waals surface area contributed by atoms with Crippen molar-refractivity contribution in [2.75, 3.05) is 47.2 Å². The van der Waals surface area contributed by atoms with Gasteiger partial charge >= 0.3 is 25.0 Å². The second kappa shape index (κ2) is 29.3. The molecule has 5 aromatic heterocycles. The van der Waals surface area contributed by atoms with Crippen molar-refractivity contribution in [1.82, 2.24) is 24.9 Å². The van der Waals surface area contributed by atoms with Gasteiger partial charge in [-0.25, -0.2) is 29.5 Å². The minimum atomic E-state index is -0.774. The van der Waals surface area contributed by atoms with Gasteiger partial charge in [-0.1, -0.05) is 95.5 Å². The van der Waals surface area contributed by atoms with E-state index in [1.54, 1.807) is 6.20 Å². The van der Waals surface area contributed by atoms with Crippen LogP contribution in [0.1, 0.15) is 156 Å². The van der Waals surface area contributed by atoms with Crippen LogP contribution in [0.5, 0.6) is 5.75 Å². The van der Waals surface area contributed by atoms with Crippen LogP contribution in [-0.2, 0) is 67.1 Å². The predicted molar refractivity (Wildman–Crippen MR) is 396 cm³/mol. The molecule has 0 radical (unpaired) electrons. The first kappa shape index (κ1) is 70.9. The molecule has 2 amide bonds. The summed E-state index contributed by atoms with van der Waals surface area (Å²) in [5.74, 6) is 0.123. The van der Waals surface area contributed by atoms with Crippen LogP contribution >= 0.6 is 22.7 Å². The third-order valence-corrected chi connectivity index (χ3v) is 20.0. The second-order valence-electron chi connectivity index (χ2n) is 28.2. The number of thiazole rings is 2. The largest absolute Gasteiger partial charge is 0.497 e. The molecule has 0 spiro atoms. The molecule has 0 saturated carbocycles. The summed E-state index contributed by atoms with van der Waals surface area (Å²) in [6.07, 6.45) is 4.87. The van der Waals surface area contributed by atoms with E-state index in [0.717, 1.165) is 78.6 Å². The maximum absolute atomic E-state index is 13.9. The number of aromatic nitrogens is 5. The van der Waals surface area contributed by atoms with Gasteiger partial charge in [0.1, 0.15) is 28.6 Å². The van der Waals surface area contributed by atoms with Gasteiger partial charge in [0.2, 0.25) is 0 Å². The van der Waals surface area contributed by atoms with Crippen LogP contribution in [0.25, 0.3) is 31.6 Å². The predicted octanol–water partition coefficient (Wildman–Crippen LogP) is 14.3. The van der Waals surface area contributed by atoms with Crippen molar-refractivity contribution < 1.29 is 52.2 Å². The van der Waals surface area contributed by atoms with Crippen molar-refractivity contribution in [3.05, 3.63) is 207 Å². The van der Waals surface area contributed by atoms with E-state index in [4.69, 9.17) is 38.2 Å². The van der Waals surface area contributed by atoms with Gasteiger partial charge in [0.15, 0.2) is 21.7 Å². The van der Waals surface area contributed by atoms with E-state index in [-0.39, 0.29) is 35.6 Å². The van der Waals surface area contributed by atoms with Gasteiger partial charge in [-0.05, 0) is 208 Å². The van der Waals surface area contributed by atoms with Crippen LogP contribution in [0.4, 0.5) is 21.9 Å². The Balaban J connectivity index is 0.000000197. The lowest BCUT2D eigenvalue weighted by Crippen LogP contribution is -2.41. The summed E-state index contributed by atoms with van der Waals surface area (Å²) < 4.78 is 37.2. The number of anilines is 4. The Labute approximate surface area is 596 Å². The van der Waals surface area contributed by atoms with Gasteiger partial charge in [-0.15, -0.1) is 0 Å². The summed E-state index contributed by atoms with van der Waals surface area (Å²) in [4.78, 5) is 93.7. The number of carbonyl (C=O) groups is 5. The lowest BCUT2D eigenvalue weighted by Gasteiger charge is -2.32. The zero-order valence-electron chi connectivity index (χ0n) is 58.9. The summed E-state index contributed by atoms with van der Waals surface area (Å²) in [5.41, 5.74) is 9.24. The van der Waals surface area contributed by atoms with E-state index in [2.05, 4.69) is 47.5 Å². The molecule has 101 heavy (non-hydrogen) atoms. The molecule has 0 aliphatic carbocycles. The lowest BCUT2D eigenvalue weighted by atomic mass is 9.77. The molecule has 23 heteroatoms. The molecule has 0 atom stereocenters. The number of hydrogen-bond acceptors (Lipinski definition) is 20. The average Bonchev–Trinajstić information content (AvgIpc) is 1.73. The van der Waals surface area contributed by atoms with Gasteiger partial charge in [-0.3, -0.25) is 30.0 Å². The zero-order valence-corrected chi connectivity index (χ0v) is 60.6. The van der Waals surface area contributed by atoms with Crippen LogP contribution in [0.2, 0.25) is 0 Å². The summed E-state index contributed by atoms with van der Waals surface area (Å²) in [6, 6.07) is 44.4. The normalized spacial score (nSPS) is 14.7. The first-order valence-electron chi connectivity index (χ1n) is 33.8. The third kappa shape index (κ3) is 16.4. The second-order valence-corrected chi connectivity index (χ2v) is 30.2. The summed E-state index contributed by atoms with van der Waals surface area (Å²) in [7, 11) is 0.590. The highest BCUT2D eigenvalue weighted by atomic mass is 32.1. The number of amides is 2. The number of benzene rings is 5. The van der Waals surface area contributed by atoms with Crippen molar-refractivity contribution in [2.45, 2.75) is 144 Å². The Kier molecular flexibility index (Phi) is 20.6. The van der Waals surface area contributed by atoms with E-state index in [0.29, 0.717) is 94.7 Å². The Morgan fingerprint density at radius 2 is 1.12 bits per heavy atom. The van der Waals surface area contributed by atoms with Crippen LogP contribution in [0.15, 0.2) is 146 Å². The molecule has 520 valence electrons. The molecule has 3 aliphatic rings. The fourth-order valence-electron chi connectivity index (χ4n) is 12.2. The number of carbonyl (C=O) groups excluding carboxylic acids is 5. The monoisotopic (exact) mass is 1400 g/mol. The quantitative estimate of drug-likeness (QED) is 0.0373. The number of rotatable bonds is 17.